The van der Waals surface area contributed by atoms with Crippen molar-refractivity contribution in [3.8, 4) is 5.75 Å². The third-order valence-corrected chi connectivity index (χ3v) is 3.50. The molecule has 0 saturated carbocycles. The summed E-state index contributed by atoms with van der Waals surface area (Å²) in [6.45, 7) is 4.58. The van der Waals surface area contributed by atoms with Gasteiger partial charge in [-0.2, -0.15) is 0 Å². The highest BCUT2D eigenvalue weighted by atomic mass is 79.9. The van der Waals surface area contributed by atoms with Crippen LogP contribution in [0.3, 0.4) is 0 Å². The van der Waals surface area contributed by atoms with E-state index in [9.17, 15) is 4.79 Å². The van der Waals surface area contributed by atoms with E-state index in [1.807, 2.05) is 32.0 Å². The van der Waals surface area contributed by atoms with Crippen molar-refractivity contribution >= 4 is 21.9 Å². The van der Waals surface area contributed by atoms with Crippen LogP contribution in [0.5, 0.6) is 5.75 Å². The summed E-state index contributed by atoms with van der Waals surface area (Å²) in [7, 11) is 0. The first-order valence-corrected chi connectivity index (χ1v) is 6.95. The van der Waals surface area contributed by atoms with E-state index in [2.05, 4.69) is 15.9 Å². The Morgan fingerprint density at radius 3 is 2.78 bits per heavy atom. The van der Waals surface area contributed by atoms with Crippen molar-refractivity contribution in [2.75, 3.05) is 6.61 Å². The molecule has 1 aromatic carbocycles. The van der Waals surface area contributed by atoms with Gasteiger partial charge in [0.15, 0.2) is 0 Å². The summed E-state index contributed by atoms with van der Waals surface area (Å²) in [6.07, 6.45) is 1.98. The summed E-state index contributed by atoms with van der Waals surface area (Å²) in [5.41, 5.74) is 1.19. The monoisotopic (exact) mass is 314 g/mol. The number of halogens is 1. The zero-order chi connectivity index (χ0) is 13.5. The van der Waals surface area contributed by atoms with Crippen LogP contribution in [0.4, 0.5) is 0 Å². The Morgan fingerprint density at radius 1 is 1.50 bits per heavy atom. The Labute approximate surface area is 116 Å². The van der Waals surface area contributed by atoms with E-state index in [0.717, 1.165) is 23.1 Å². The van der Waals surface area contributed by atoms with Crippen molar-refractivity contribution in [3.05, 3.63) is 28.2 Å². The van der Waals surface area contributed by atoms with E-state index >= 15 is 0 Å². The van der Waals surface area contributed by atoms with Gasteiger partial charge in [0.1, 0.15) is 5.75 Å². The van der Waals surface area contributed by atoms with Gasteiger partial charge in [-0.3, -0.25) is 4.79 Å². The van der Waals surface area contributed by atoms with Crippen molar-refractivity contribution in [1.82, 2.24) is 0 Å². The molecule has 0 aliphatic rings. The first-order valence-electron chi connectivity index (χ1n) is 6.16. The van der Waals surface area contributed by atoms with Gasteiger partial charge in [-0.15, -0.1) is 0 Å². The van der Waals surface area contributed by atoms with Gasteiger partial charge in [0.05, 0.1) is 6.61 Å². The van der Waals surface area contributed by atoms with E-state index in [1.54, 1.807) is 0 Å². The molecule has 0 aliphatic carbocycles. The Bertz CT molecular complexity index is 404. The van der Waals surface area contributed by atoms with Crippen molar-refractivity contribution in [2.24, 2.45) is 5.92 Å². The summed E-state index contributed by atoms with van der Waals surface area (Å²) in [5, 5.41) is 8.71. The van der Waals surface area contributed by atoms with Gasteiger partial charge in [-0.1, -0.05) is 28.9 Å². The normalized spacial score (nSPS) is 12.2. The second kappa shape index (κ2) is 7.41. The first kappa shape index (κ1) is 15.0. The molecule has 1 rings (SSSR count). The molecule has 0 amide bonds. The highest BCUT2D eigenvalue weighted by Gasteiger charge is 2.09. The van der Waals surface area contributed by atoms with Crippen molar-refractivity contribution in [2.45, 2.75) is 33.1 Å². The topological polar surface area (TPSA) is 46.5 Å². The maximum Gasteiger partial charge on any atom is 0.303 e. The SMILES string of the molecule is CCOc1ccc(CCC(C)CC(=O)O)c(Br)c1. The maximum absolute atomic E-state index is 10.6. The van der Waals surface area contributed by atoms with E-state index < -0.39 is 5.97 Å². The number of hydrogen-bond acceptors (Lipinski definition) is 2. The summed E-state index contributed by atoms with van der Waals surface area (Å²) in [5.74, 6) is 0.320. The quantitative estimate of drug-likeness (QED) is 0.830. The number of rotatable bonds is 7. The van der Waals surface area contributed by atoms with E-state index in [0.29, 0.717) is 6.61 Å². The zero-order valence-electron chi connectivity index (χ0n) is 10.8. The Hall–Kier alpha value is -1.03. The molecule has 0 saturated heterocycles. The standard InChI is InChI=1S/C14H19BrO3/c1-3-18-12-7-6-11(13(15)9-12)5-4-10(2)8-14(16)17/h6-7,9-10H,3-5,8H2,1-2H3,(H,16,17). The van der Waals surface area contributed by atoms with Gasteiger partial charge >= 0.3 is 5.97 Å². The molecule has 0 spiro atoms. The minimum Gasteiger partial charge on any atom is -0.494 e. The van der Waals surface area contributed by atoms with Gasteiger partial charge in [0, 0.05) is 10.9 Å². The van der Waals surface area contributed by atoms with Crippen LogP contribution in [-0.2, 0) is 11.2 Å². The second-order valence-corrected chi connectivity index (χ2v) is 5.28. The lowest BCUT2D eigenvalue weighted by Crippen LogP contribution is -2.05. The van der Waals surface area contributed by atoms with Crippen LogP contribution in [-0.4, -0.2) is 17.7 Å². The molecule has 0 bridgehead atoms. The molecule has 0 radical (unpaired) electrons. The lowest BCUT2D eigenvalue weighted by atomic mass is 9.98. The fourth-order valence-electron chi connectivity index (χ4n) is 1.79. The molecule has 100 valence electrons. The molecule has 0 aliphatic heterocycles. The molecule has 0 aromatic heterocycles. The molecule has 4 heteroatoms. The van der Waals surface area contributed by atoms with Crippen LogP contribution in [0, 0.1) is 5.92 Å². The fourth-order valence-corrected chi connectivity index (χ4v) is 2.35. The van der Waals surface area contributed by atoms with Crippen LogP contribution in [0.25, 0.3) is 0 Å². The molecule has 1 atom stereocenters. The van der Waals surface area contributed by atoms with Crippen molar-refractivity contribution in [3.63, 3.8) is 0 Å². The lowest BCUT2D eigenvalue weighted by molar-refractivity contribution is -0.138. The van der Waals surface area contributed by atoms with Crippen molar-refractivity contribution in [1.29, 1.82) is 0 Å². The minimum atomic E-state index is -0.728. The largest absolute Gasteiger partial charge is 0.494 e. The number of hydrogen-bond donors (Lipinski definition) is 1. The average molecular weight is 315 g/mol. The number of ether oxygens (including phenoxy) is 1. The lowest BCUT2D eigenvalue weighted by Gasteiger charge is -2.11. The Morgan fingerprint density at radius 2 is 2.22 bits per heavy atom. The van der Waals surface area contributed by atoms with Crippen LogP contribution >= 0.6 is 15.9 Å². The smallest absolute Gasteiger partial charge is 0.303 e. The third kappa shape index (κ3) is 5.08. The minimum absolute atomic E-state index is 0.195. The average Bonchev–Trinajstić information content (AvgIpc) is 2.27. The summed E-state index contributed by atoms with van der Waals surface area (Å²) < 4.78 is 6.44. The predicted octanol–water partition coefficient (Wildman–Crippen LogP) is 3.89. The second-order valence-electron chi connectivity index (χ2n) is 4.43. The molecule has 3 nitrogen and oxygen atoms in total. The number of benzene rings is 1. The highest BCUT2D eigenvalue weighted by molar-refractivity contribution is 9.10. The fraction of sp³-hybridized carbons (Fsp3) is 0.500. The number of carbonyl (C=O) groups is 1. The van der Waals surface area contributed by atoms with Crippen molar-refractivity contribution < 1.29 is 14.6 Å². The predicted molar refractivity (Wildman–Crippen MR) is 75.0 cm³/mol. The molecule has 0 fully saturated rings. The molecular weight excluding hydrogens is 296 g/mol. The summed E-state index contributed by atoms with van der Waals surface area (Å²) >= 11 is 3.52. The van der Waals surface area contributed by atoms with Crippen LogP contribution in [0.1, 0.15) is 32.3 Å². The first-order chi connectivity index (χ1) is 8.52. The Balaban J connectivity index is 2.54. The van der Waals surface area contributed by atoms with Gasteiger partial charge in [-0.25, -0.2) is 0 Å². The van der Waals surface area contributed by atoms with Gasteiger partial charge in [0.25, 0.3) is 0 Å². The molecule has 0 heterocycles. The van der Waals surface area contributed by atoms with Gasteiger partial charge in [0.2, 0.25) is 0 Å². The Kier molecular flexibility index (Phi) is 6.19. The molecule has 1 aromatic rings. The summed E-state index contributed by atoms with van der Waals surface area (Å²) in [6, 6.07) is 5.94. The summed E-state index contributed by atoms with van der Waals surface area (Å²) in [4.78, 5) is 10.6. The van der Waals surface area contributed by atoms with Gasteiger partial charge in [-0.05, 0) is 43.4 Å². The molecular formula is C14H19BrO3. The van der Waals surface area contributed by atoms with E-state index in [1.165, 1.54) is 5.56 Å². The zero-order valence-corrected chi connectivity index (χ0v) is 12.4. The maximum atomic E-state index is 10.6. The van der Waals surface area contributed by atoms with Crippen LogP contribution in [0.15, 0.2) is 22.7 Å². The van der Waals surface area contributed by atoms with E-state index in [4.69, 9.17) is 9.84 Å². The number of aryl methyl sites for hydroxylation is 1. The van der Waals surface area contributed by atoms with Crippen LogP contribution in [0.2, 0.25) is 0 Å². The number of carboxylic acids is 1. The molecule has 1 N–H and O–H groups in total. The molecule has 18 heavy (non-hydrogen) atoms. The van der Waals surface area contributed by atoms with Gasteiger partial charge < -0.3 is 9.84 Å². The molecule has 1 unspecified atom stereocenters. The number of aliphatic carboxylic acids is 1. The van der Waals surface area contributed by atoms with E-state index in [-0.39, 0.29) is 12.3 Å². The third-order valence-electron chi connectivity index (χ3n) is 2.77. The number of carboxylic acid groups (broad SMARTS) is 1. The highest BCUT2D eigenvalue weighted by Crippen LogP contribution is 2.25. The van der Waals surface area contributed by atoms with Crippen LogP contribution < -0.4 is 4.74 Å².